The third-order valence-electron chi connectivity index (χ3n) is 6.03. The summed E-state index contributed by atoms with van der Waals surface area (Å²) in [7, 11) is 0. The number of para-hydroxylation sites is 1. The second-order valence-electron chi connectivity index (χ2n) is 8.16. The summed E-state index contributed by atoms with van der Waals surface area (Å²) in [6.07, 6.45) is -3.52. The van der Waals surface area contributed by atoms with Gasteiger partial charge in [0, 0.05) is 5.39 Å². The van der Waals surface area contributed by atoms with Crippen LogP contribution in [0.2, 0.25) is 0 Å². The molecule has 1 aliphatic heterocycles. The Morgan fingerprint density at radius 2 is 2.03 bits per heavy atom. The molecular formula is C23H15F4N5O. The highest BCUT2D eigenvalue weighted by molar-refractivity contribution is 5.84. The summed E-state index contributed by atoms with van der Waals surface area (Å²) < 4.78 is 61.9. The van der Waals surface area contributed by atoms with Gasteiger partial charge in [-0.15, -0.1) is 10.2 Å². The Morgan fingerprint density at radius 1 is 1.18 bits per heavy atom. The number of hydrogen-bond donors (Lipinski definition) is 1. The van der Waals surface area contributed by atoms with Crippen LogP contribution in [0.4, 0.5) is 23.2 Å². The van der Waals surface area contributed by atoms with Gasteiger partial charge in [-0.05, 0) is 43.2 Å². The lowest BCUT2D eigenvalue weighted by Crippen LogP contribution is -2.25. The van der Waals surface area contributed by atoms with E-state index < -0.39 is 23.5 Å². The molecule has 4 aromatic rings. The Hall–Kier alpha value is -3.87. The molecule has 1 unspecified atom stereocenters. The van der Waals surface area contributed by atoms with Gasteiger partial charge < -0.3 is 10.1 Å². The molecule has 33 heavy (non-hydrogen) atoms. The minimum Gasteiger partial charge on any atom is -0.479 e. The standard InChI is InChI=1S/C23H15F4N5O/c24-14-4-5-17-15(10-14)19(30-21-31-29-12-32(17)21)18-11-28-16-3-1-2-13(20(16)33-18)6-7-22(8-9-22)23(25,26)27/h1-5,10,12,18,28H,8-9,11H2. The largest absolute Gasteiger partial charge is 0.479 e. The van der Waals surface area contributed by atoms with Crippen LogP contribution in [0.3, 0.4) is 0 Å². The van der Waals surface area contributed by atoms with E-state index in [4.69, 9.17) is 4.74 Å². The summed E-state index contributed by atoms with van der Waals surface area (Å²) in [6.45, 7) is 0.319. The third-order valence-corrected chi connectivity index (χ3v) is 6.03. The van der Waals surface area contributed by atoms with Gasteiger partial charge in [-0.3, -0.25) is 4.40 Å². The lowest BCUT2D eigenvalue weighted by Gasteiger charge is -2.28. The monoisotopic (exact) mass is 453 g/mol. The molecule has 1 N–H and O–H groups in total. The minimum absolute atomic E-state index is 0.0000921. The zero-order chi connectivity index (χ0) is 22.8. The maximum Gasteiger partial charge on any atom is 0.405 e. The molecule has 6 nitrogen and oxygen atoms in total. The molecule has 0 spiro atoms. The molecule has 166 valence electrons. The van der Waals surface area contributed by atoms with E-state index in [9.17, 15) is 17.6 Å². The fourth-order valence-electron chi connectivity index (χ4n) is 4.04. The molecule has 0 saturated heterocycles. The number of aromatic nitrogens is 4. The van der Waals surface area contributed by atoms with Gasteiger partial charge in [-0.1, -0.05) is 17.9 Å². The molecule has 2 aromatic carbocycles. The van der Waals surface area contributed by atoms with E-state index in [1.54, 1.807) is 28.7 Å². The number of alkyl halides is 3. The van der Waals surface area contributed by atoms with E-state index in [1.807, 2.05) is 0 Å². The zero-order valence-electron chi connectivity index (χ0n) is 16.9. The Balaban J connectivity index is 1.43. The van der Waals surface area contributed by atoms with Gasteiger partial charge >= 0.3 is 6.18 Å². The van der Waals surface area contributed by atoms with Gasteiger partial charge in [-0.25, -0.2) is 9.37 Å². The number of nitrogens with one attached hydrogen (secondary N) is 1. The van der Waals surface area contributed by atoms with Crippen molar-refractivity contribution in [2.24, 2.45) is 5.41 Å². The fraction of sp³-hybridized carbons (Fsp3) is 0.261. The van der Waals surface area contributed by atoms with Gasteiger partial charge in [0.25, 0.3) is 5.78 Å². The van der Waals surface area contributed by atoms with E-state index in [1.165, 1.54) is 18.5 Å². The third kappa shape index (κ3) is 3.15. The van der Waals surface area contributed by atoms with Crippen LogP contribution >= 0.6 is 0 Å². The normalized spacial score (nSPS) is 18.7. The Kier molecular flexibility index (Phi) is 4.08. The van der Waals surface area contributed by atoms with Crippen molar-refractivity contribution in [3.8, 4) is 17.6 Å². The van der Waals surface area contributed by atoms with Crippen LogP contribution in [0.25, 0.3) is 16.7 Å². The summed E-state index contributed by atoms with van der Waals surface area (Å²) in [5, 5.41) is 11.6. The smallest absolute Gasteiger partial charge is 0.405 e. The van der Waals surface area contributed by atoms with Crippen LogP contribution in [-0.2, 0) is 0 Å². The van der Waals surface area contributed by atoms with E-state index in [0.29, 0.717) is 45.9 Å². The lowest BCUT2D eigenvalue weighted by molar-refractivity contribution is -0.168. The summed E-state index contributed by atoms with van der Waals surface area (Å²) >= 11 is 0. The summed E-state index contributed by atoms with van der Waals surface area (Å²) in [4.78, 5) is 4.53. The van der Waals surface area contributed by atoms with Crippen molar-refractivity contribution in [3.63, 3.8) is 0 Å². The van der Waals surface area contributed by atoms with Crippen LogP contribution < -0.4 is 10.1 Å². The van der Waals surface area contributed by atoms with E-state index in [-0.39, 0.29) is 12.8 Å². The predicted molar refractivity (Wildman–Crippen MR) is 111 cm³/mol. The van der Waals surface area contributed by atoms with Crippen molar-refractivity contribution in [2.75, 3.05) is 11.9 Å². The molecule has 3 heterocycles. The molecule has 1 atom stereocenters. The average Bonchev–Trinajstić information content (AvgIpc) is 3.46. The number of benzene rings is 2. The Morgan fingerprint density at radius 3 is 2.82 bits per heavy atom. The number of hydrogen-bond acceptors (Lipinski definition) is 5. The predicted octanol–water partition coefficient (Wildman–Crippen LogP) is 4.66. The number of rotatable bonds is 1. The molecule has 1 aliphatic carbocycles. The number of nitrogens with zero attached hydrogens (tertiary/aromatic N) is 4. The van der Waals surface area contributed by atoms with Crippen LogP contribution in [0.5, 0.6) is 5.75 Å². The molecule has 6 rings (SSSR count). The van der Waals surface area contributed by atoms with Crippen molar-refractivity contribution >= 4 is 22.4 Å². The number of ether oxygens (including phenoxy) is 1. The molecular weight excluding hydrogens is 438 g/mol. The van der Waals surface area contributed by atoms with Gasteiger partial charge in [0.2, 0.25) is 0 Å². The first kappa shape index (κ1) is 19.8. The average molecular weight is 453 g/mol. The zero-order valence-corrected chi connectivity index (χ0v) is 16.9. The second kappa shape index (κ2) is 6.81. The van der Waals surface area contributed by atoms with Crippen molar-refractivity contribution in [2.45, 2.75) is 25.1 Å². The topological polar surface area (TPSA) is 64.3 Å². The number of anilines is 1. The summed E-state index contributed by atoms with van der Waals surface area (Å²) in [5.41, 5.74) is 0.128. The van der Waals surface area contributed by atoms with Crippen LogP contribution in [0.1, 0.15) is 30.2 Å². The SMILES string of the molecule is Fc1ccc2c(c1)c(C1CNc3cccc(C#CC4(C(F)(F)F)CC4)c3O1)nc1nncn12. The van der Waals surface area contributed by atoms with E-state index in [0.717, 1.165) is 0 Å². The summed E-state index contributed by atoms with van der Waals surface area (Å²) in [5.74, 6) is 5.33. The van der Waals surface area contributed by atoms with Gasteiger partial charge in [0.1, 0.15) is 17.6 Å². The van der Waals surface area contributed by atoms with Crippen molar-refractivity contribution in [1.29, 1.82) is 0 Å². The van der Waals surface area contributed by atoms with Crippen molar-refractivity contribution in [3.05, 3.63) is 59.8 Å². The highest BCUT2D eigenvalue weighted by Crippen LogP contribution is 2.57. The van der Waals surface area contributed by atoms with Crippen molar-refractivity contribution in [1.82, 2.24) is 19.6 Å². The van der Waals surface area contributed by atoms with Gasteiger partial charge in [0.05, 0.1) is 29.0 Å². The van der Waals surface area contributed by atoms with E-state index in [2.05, 4.69) is 32.3 Å². The quantitative estimate of drug-likeness (QED) is 0.336. The van der Waals surface area contributed by atoms with Gasteiger partial charge in [-0.2, -0.15) is 13.2 Å². The van der Waals surface area contributed by atoms with Crippen LogP contribution in [0.15, 0.2) is 42.7 Å². The van der Waals surface area contributed by atoms with Crippen LogP contribution in [0, 0.1) is 23.1 Å². The molecule has 2 aliphatic rings. The first-order valence-electron chi connectivity index (χ1n) is 10.3. The molecule has 2 aromatic heterocycles. The number of fused-ring (bicyclic) bond motifs is 4. The second-order valence-corrected chi connectivity index (χ2v) is 8.16. The van der Waals surface area contributed by atoms with E-state index >= 15 is 0 Å². The highest BCUT2D eigenvalue weighted by Gasteiger charge is 2.62. The molecule has 0 bridgehead atoms. The Bertz CT molecular complexity index is 1480. The van der Waals surface area contributed by atoms with Gasteiger partial charge in [0.15, 0.2) is 11.9 Å². The molecule has 0 radical (unpaired) electrons. The Labute approximate surface area is 184 Å². The molecule has 0 amide bonds. The summed E-state index contributed by atoms with van der Waals surface area (Å²) in [6, 6.07) is 9.40. The fourth-order valence-corrected chi connectivity index (χ4v) is 4.04. The maximum absolute atomic E-state index is 14.1. The first-order chi connectivity index (χ1) is 15.8. The highest BCUT2D eigenvalue weighted by atomic mass is 19.4. The minimum atomic E-state index is -4.36. The maximum atomic E-state index is 14.1. The first-order valence-corrected chi connectivity index (χ1v) is 10.3. The lowest BCUT2D eigenvalue weighted by atomic mass is 10.0. The molecule has 10 heteroatoms. The molecule has 1 fully saturated rings. The van der Waals surface area contributed by atoms with Crippen LogP contribution in [-0.4, -0.2) is 32.3 Å². The molecule has 1 saturated carbocycles. The number of halogens is 4. The van der Waals surface area contributed by atoms with Crippen molar-refractivity contribution < 1.29 is 22.3 Å².